The van der Waals surface area contributed by atoms with Crippen LogP contribution in [0.4, 0.5) is 0 Å². The zero-order chi connectivity index (χ0) is 72.9. The van der Waals surface area contributed by atoms with E-state index in [2.05, 4.69) is 361 Å². The zero-order valence-electron chi connectivity index (χ0n) is 71.6. The third-order valence-electron chi connectivity index (χ3n) is 24.6. The van der Waals surface area contributed by atoms with E-state index in [1.165, 1.54) is 78.9 Å². The number of rotatable bonds is 6. The van der Waals surface area contributed by atoms with Gasteiger partial charge < -0.3 is 31.4 Å². The third kappa shape index (κ3) is 23.5. The highest BCUT2D eigenvalue weighted by atomic mass is 15.6. The van der Waals surface area contributed by atoms with Crippen LogP contribution in [0.2, 0.25) is 0 Å². The van der Waals surface area contributed by atoms with Crippen molar-refractivity contribution in [2.24, 2.45) is 0 Å². The second-order valence-electron chi connectivity index (χ2n) is 43.0. The van der Waals surface area contributed by atoms with Crippen molar-refractivity contribution in [1.82, 2.24) is 34.3 Å². The quantitative estimate of drug-likeness (QED) is 0.244. The summed E-state index contributed by atoms with van der Waals surface area (Å²) in [6, 6.07) is 4.25. The Morgan fingerprint density at radius 3 is 0.890 bits per heavy atom. The van der Waals surface area contributed by atoms with Crippen LogP contribution in [0, 0.1) is 0 Å². The molecule has 7 aliphatic rings. The summed E-state index contributed by atoms with van der Waals surface area (Å²) in [4.78, 5) is 18.3. The van der Waals surface area contributed by atoms with E-state index in [-0.39, 0.29) is 5.54 Å². The van der Waals surface area contributed by atoms with Gasteiger partial charge in [-0.15, -0.1) is 0 Å². The Hall–Kier alpha value is -0.560. The van der Waals surface area contributed by atoms with E-state index in [4.69, 9.17) is 0 Å². The lowest BCUT2D eigenvalue weighted by molar-refractivity contribution is -0.927. The van der Waals surface area contributed by atoms with Gasteiger partial charge in [0.25, 0.3) is 0 Å². The standard InChI is InChI=1S/2C12H27N2.3C11H25N2.2C10H23N2/c1-8-11(2,3)13-10-14(6,7)9-12(13,4)5;1-8-11(2,3)13-9-12(4,5)14(6,7)10-13;1-10(2,3)12-9-13(6,7)8-11(12,4)5;1-10(2,3)12-8-11(4,5)13(6,7)9-12;1-9-10(2)13(6,7)8-12(9)11(3,4)5;1-9(2)11-8-12(5,6)7-10(11,3)4;1-8(2)11-7-12(5,6)10(4)9(11)3/h2*8-10H2,1-7H3;2*8-9H2,1-7H3;9-10H,8H2,1-7H3;9H,7-8H2,1-6H3;8-10H,7H2,1-6H3/q7*+1. The van der Waals surface area contributed by atoms with Crippen LogP contribution in [-0.2, 0) is 0 Å². The first-order chi connectivity index (χ1) is 39.6. The highest BCUT2D eigenvalue weighted by Gasteiger charge is 2.54. The van der Waals surface area contributed by atoms with Gasteiger partial charge in [0, 0.05) is 39.8 Å². The number of likely N-dealkylation sites (N-methyl/N-ethyl adjacent to an activating group) is 7. The predicted octanol–water partition coefficient (Wildman–Crippen LogP) is 13.4. The summed E-state index contributed by atoms with van der Waals surface area (Å²) in [5.74, 6) is 0. The fourth-order valence-electron chi connectivity index (χ4n) is 16.7. The molecule has 0 radical (unpaired) electrons. The van der Waals surface area contributed by atoms with E-state index in [1.807, 2.05) is 0 Å². The Balaban J connectivity index is 0.000000531. The summed E-state index contributed by atoms with van der Waals surface area (Å²) in [7, 11) is 32.5. The van der Waals surface area contributed by atoms with Crippen LogP contribution in [-0.4, -0.2) is 335 Å². The molecular formula is C77H175N14+7. The second kappa shape index (κ2) is 29.3. The second-order valence-corrected chi connectivity index (χ2v) is 43.0. The molecule has 0 aromatic heterocycles. The monoisotopic (exact) mass is 1300 g/mol. The molecule has 7 heterocycles. The van der Waals surface area contributed by atoms with Gasteiger partial charge in [-0.25, -0.2) is 34.3 Å². The van der Waals surface area contributed by atoms with Crippen molar-refractivity contribution in [2.45, 2.75) is 333 Å². The number of quaternary nitrogens is 7. The van der Waals surface area contributed by atoms with Crippen LogP contribution in [0.25, 0.3) is 0 Å². The van der Waals surface area contributed by atoms with Gasteiger partial charge in [0.2, 0.25) is 0 Å². The topological polar surface area (TPSA) is 22.7 Å². The Morgan fingerprint density at radius 1 is 0.374 bits per heavy atom. The highest BCUT2D eigenvalue weighted by Crippen LogP contribution is 2.39. The molecule has 7 aliphatic heterocycles. The molecule has 0 bridgehead atoms. The molecule has 0 aliphatic carbocycles. The number of hydrogen-bond acceptors (Lipinski definition) is 7. The average Bonchev–Trinajstić information content (AvgIpc) is 1.68. The summed E-state index contributed by atoms with van der Waals surface area (Å²) in [6.45, 7) is 91.3. The van der Waals surface area contributed by atoms with Crippen molar-refractivity contribution in [3.8, 4) is 0 Å². The van der Waals surface area contributed by atoms with Gasteiger partial charge >= 0.3 is 0 Å². The lowest BCUT2D eigenvalue weighted by Crippen LogP contribution is -2.52. The molecular weight excluding hydrogens is 1120 g/mol. The molecule has 546 valence electrons. The van der Waals surface area contributed by atoms with Gasteiger partial charge in [0.05, 0.1) is 160 Å². The molecule has 7 saturated heterocycles. The molecule has 0 spiro atoms. The normalized spacial score (nSPS) is 29.8. The van der Waals surface area contributed by atoms with E-state index in [1.54, 1.807) is 0 Å². The minimum atomic E-state index is 0.287. The van der Waals surface area contributed by atoms with E-state index in [0.717, 1.165) is 62.8 Å². The Bertz CT molecular complexity index is 2190. The first-order valence-electron chi connectivity index (χ1n) is 36.7. The number of nitrogens with zero attached hydrogens (tertiary/aromatic N) is 14. The maximum atomic E-state index is 2.67. The summed E-state index contributed by atoms with van der Waals surface area (Å²) in [5, 5.41) is 0. The van der Waals surface area contributed by atoms with Crippen LogP contribution in [0.3, 0.4) is 0 Å². The highest BCUT2D eigenvalue weighted by molar-refractivity contribution is 4.95. The van der Waals surface area contributed by atoms with Crippen molar-refractivity contribution in [2.75, 3.05) is 178 Å². The molecule has 14 heteroatoms. The van der Waals surface area contributed by atoms with E-state index in [9.17, 15) is 0 Å². The Kier molecular flexibility index (Phi) is 28.5. The molecule has 0 aromatic rings. The van der Waals surface area contributed by atoms with Gasteiger partial charge in [0.1, 0.15) is 69.8 Å². The third-order valence-corrected chi connectivity index (χ3v) is 24.6. The zero-order valence-corrected chi connectivity index (χ0v) is 71.6. The fraction of sp³-hybridized carbons (Fsp3) is 1.00. The van der Waals surface area contributed by atoms with Crippen LogP contribution in [0.15, 0.2) is 0 Å². The smallest absolute Gasteiger partial charge is 0.135 e. The molecule has 7 rings (SSSR count). The molecule has 4 unspecified atom stereocenters. The predicted molar refractivity (Wildman–Crippen MR) is 403 cm³/mol. The van der Waals surface area contributed by atoms with Crippen LogP contribution in [0.1, 0.15) is 241 Å². The summed E-state index contributed by atoms with van der Waals surface area (Å²) < 4.78 is 7.84. The maximum absolute atomic E-state index is 2.67. The Labute approximate surface area is 574 Å². The molecule has 7 fully saturated rings. The largest absolute Gasteiger partial charge is 0.314 e. The van der Waals surface area contributed by atoms with Gasteiger partial charge in [-0.1, -0.05) is 13.8 Å². The fourth-order valence-corrected chi connectivity index (χ4v) is 16.7. The van der Waals surface area contributed by atoms with Gasteiger partial charge in [-0.05, 0) is 227 Å². The lowest BCUT2D eigenvalue weighted by atomic mass is 9.93. The molecule has 91 heavy (non-hydrogen) atoms. The van der Waals surface area contributed by atoms with Crippen molar-refractivity contribution >= 4 is 0 Å². The van der Waals surface area contributed by atoms with Crippen molar-refractivity contribution in [3.05, 3.63) is 0 Å². The summed E-state index contributed by atoms with van der Waals surface area (Å²) >= 11 is 0. The molecule has 4 atom stereocenters. The van der Waals surface area contributed by atoms with Crippen LogP contribution in [0.5, 0.6) is 0 Å². The molecule has 0 amide bonds. The van der Waals surface area contributed by atoms with Crippen LogP contribution >= 0.6 is 0 Å². The first kappa shape index (κ1) is 88.5. The molecule has 14 nitrogen and oxygen atoms in total. The van der Waals surface area contributed by atoms with Crippen molar-refractivity contribution in [1.29, 1.82) is 0 Å². The lowest BCUT2D eigenvalue weighted by Gasteiger charge is -2.40. The van der Waals surface area contributed by atoms with Gasteiger partial charge in [-0.2, -0.15) is 0 Å². The number of hydrogen-bond donors (Lipinski definition) is 0. The van der Waals surface area contributed by atoms with Crippen molar-refractivity contribution < 1.29 is 31.4 Å². The average molecular weight is 1300 g/mol. The van der Waals surface area contributed by atoms with Crippen LogP contribution < -0.4 is 0 Å². The SMILES string of the molecule is CC(C)(C)N1CC(C)(C)[N+](C)(C)C1.CC(C)(C)N1C[N+](C)(C)CC1(C)C.CC(C)N1C[N+](C)(C)C(C)C1C.CC(C)N1C[N+](C)(C)CC1(C)C.CC1C(C)[N+](C)(C)CN1C(C)(C)C.CCC(C)(C)N1CC(C)(C)[N+](C)(C)C1.CCC(C)(C)N1C[N+](C)(C)CC1(C)C. The molecule has 0 N–H and O–H groups in total. The Morgan fingerprint density at radius 2 is 0.714 bits per heavy atom. The van der Waals surface area contributed by atoms with Gasteiger partial charge in [-0.3, -0.25) is 0 Å². The van der Waals surface area contributed by atoms with E-state index < -0.39 is 0 Å². The molecule has 0 aromatic carbocycles. The minimum absolute atomic E-state index is 0.287. The summed E-state index contributed by atoms with van der Waals surface area (Å²) in [5.41, 5.74) is 3.39. The minimum Gasteiger partial charge on any atom is -0.314 e. The van der Waals surface area contributed by atoms with E-state index >= 15 is 0 Å². The summed E-state index contributed by atoms with van der Waals surface area (Å²) in [6.07, 6.45) is 2.44. The van der Waals surface area contributed by atoms with Gasteiger partial charge in [0.15, 0.2) is 0 Å². The molecule has 0 saturated carbocycles. The maximum Gasteiger partial charge on any atom is 0.135 e. The van der Waals surface area contributed by atoms with E-state index in [0.29, 0.717) is 68.0 Å². The first-order valence-corrected chi connectivity index (χ1v) is 36.7. The van der Waals surface area contributed by atoms with Crippen molar-refractivity contribution in [3.63, 3.8) is 0 Å².